The molecule has 160 valence electrons. The molecule has 4 rings (SSSR count). The fraction of sp³-hybridized carbons (Fsp3) is 0.320. The number of carbonyl (C=O) groups is 1. The van der Waals surface area contributed by atoms with Gasteiger partial charge >= 0.3 is 0 Å². The molecule has 2 aromatic heterocycles. The normalized spacial score (nSPS) is 15.3. The van der Waals surface area contributed by atoms with Crippen LogP contribution in [0.25, 0.3) is 11.3 Å². The lowest BCUT2D eigenvalue weighted by atomic mass is 9.85. The van der Waals surface area contributed by atoms with E-state index in [1.165, 1.54) is 6.42 Å². The van der Waals surface area contributed by atoms with E-state index in [9.17, 15) is 9.90 Å². The van der Waals surface area contributed by atoms with Crippen LogP contribution in [0, 0.1) is 0 Å². The van der Waals surface area contributed by atoms with Gasteiger partial charge in [-0.3, -0.25) is 14.8 Å². The van der Waals surface area contributed by atoms with Crippen LogP contribution in [0.5, 0.6) is 0 Å². The summed E-state index contributed by atoms with van der Waals surface area (Å²) >= 11 is 0. The molecule has 1 aliphatic rings. The zero-order valence-corrected chi connectivity index (χ0v) is 17.6. The van der Waals surface area contributed by atoms with Crippen LogP contribution in [-0.2, 0) is 6.54 Å². The highest BCUT2D eigenvalue weighted by Gasteiger charge is 2.29. The van der Waals surface area contributed by atoms with Gasteiger partial charge in [0.25, 0.3) is 5.91 Å². The summed E-state index contributed by atoms with van der Waals surface area (Å²) in [6, 6.07) is 15.3. The highest BCUT2D eigenvalue weighted by molar-refractivity contribution is 5.94. The smallest absolute Gasteiger partial charge is 0.253 e. The molecule has 6 heteroatoms. The van der Waals surface area contributed by atoms with E-state index in [1.807, 2.05) is 42.5 Å². The van der Waals surface area contributed by atoms with E-state index in [4.69, 9.17) is 0 Å². The summed E-state index contributed by atoms with van der Waals surface area (Å²) in [5, 5.41) is 17.1. The Kier molecular flexibility index (Phi) is 6.57. The van der Waals surface area contributed by atoms with E-state index in [0.29, 0.717) is 18.7 Å². The molecule has 0 atom stereocenters. The monoisotopic (exact) mass is 416 g/mol. The second-order valence-corrected chi connectivity index (χ2v) is 8.16. The van der Waals surface area contributed by atoms with Gasteiger partial charge in [0.15, 0.2) is 0 Å². The lowest BCUT2D eigenvalue weighted by molar-refractivity contribution is 0.0167. The first kappa shape index (κ1) is 21.0. The molecule has 31 heavy (non-hydrogen) atoms. The minimum absolute atomic E-state index is 0.172. The number of aromatic nitrogens is 2. The summed E-state index contributed by atoms with van der Waals surface area (Å²) < 4.78 is 0. The molecule has 3 N–H and O–H groups in total. The summed E-state index contributed by atoms with van der Waals surface area (Å²) in [5.41, 5.74) is 3.47. The standard InChI is InChI=1S/C25H28N4O2/c30-24(28-16-19-7-6-14-26-15-19)20-10-11-23(27-17-20)21-8-2-3-9-22(21)29-18-25(31)12-4-1-5-13-25/h2-3,6-11,14-15,17,29,31H,1,4-5,12-13,16,18H2,(H,28,30). The van der Waals surface area contributed by atoms with Crippen molar-refractivity contribution in [1.29, 1.82) is 0 Å². The highest BCUT2D eigenvalue weighted by Crippen LogP contribution is 2.31. The van der Waals surface area contributed by atoms with Crippen molar-refractivity contribution >= 4 is 11.6 Å². The SMILES string of the molecule is O=C(NCc1cccnc1)c1ccc(-c2ccccc2NCC2(O)CCCCC2)nc1. The maximum absolute atomic E-state index is 12.4. The molecule has 1 saturated carbocycles. The summed E-state index contributed by atoms with van der Waals surface area (Å²) in [7, 11) is 0. The van der Waals surface area contributed by atoms with Gasteiger partial charge in [0.05, 0.1) is 16.9 Å². The molecule has 1 amide bonds. The number of nitrogens with zero attached hydrogens (tertiary/aromatic N) is 2. The average Bonchev–Trinajstić information content (AvgIpc) is 2.83. The van der Waals surface area contributed by atoms with E-state index in [0.717, 1.165) is 48.2 Å². The predicted molar refractivity (Wildman–Crippen MR) is 122 cm³/mol. The fourth-order valence-corrected chi connectivity index (χ4v) is 3.98. The Bertz CT molecular complexity index is 1000. The largest absolute Gasteiger partial charge is 0.388 e. The van der Waals surface area contributed by atoms with Gasteiger partial charge in [-0.1, -0.05) is 43.5 Å². The van der Waals surface area contributed by atoms with Crippen molar-refractivity contribution in [1.82, 2.24) is 15.3 Å². The molecule has 1 aliphatic carbocycles. The minimum Gasteiger partial charge on any atom is -0.388 e. The van der Waals surface area contributed by atoms with Gasteiger partial charge in [-0.05, 0) is 42.7 Å². The first-order valence-corrected chi connectivity index (χ1v) is 10.8. The third-order valence-corrected chi connectivity index (χ3v) is 5.80. The Morgan fingerprint density at radius 2 is 1.84 bits per heavy atom. The van der Waals surface area contributed by atoms with Gasteiger partial charge in [0, 0.05) is 42.9 Å². The van der Waals surface area contributed by atoms with E-state index in [-0.39, 0.29) is 5.91 Å². The van der Waals surface area contributed by atoms with Crippen LogP contribution < -0.4 is 10.6 Å². The number of pyridine rings is 2. The molecular formula is C25H28N4O2. The van der Waals surface area contributed by atoms with Gasteiger partial charge < -0.3 is 15.7 Å². The van der Waals surface area contributed by atoms with Crippen LogP contribution >= 0.6 is 0 Å². The summed E-state index contributed by atoms with van der Waals surface area (Å²) in [4.78, 5) is 21.0. The molecule has 0 saturated heterocycles. The number of aliphatic hydroxyl groups is 1. The second-order valence-electron chi connectivity index (χ2n) is 8.16. The van der Waals surface area contributed by atoms with Crippen molar-refractivity contribution in [3.05, 3.63) is 78.2 Å². The summed E-state index contributed by atoms with van der Waals surface area (Å²) in [5.74, 6) is -0.172. The van der Waals surface area contributed by atoms with Crippen LogP contribution in [0.1, 0.15) is 48.0 Å². The third-order valence-electron chi connectivity index (χ3n) is 5.80. The Labute approximate surface area is 182 Å². The number of amides is 1. The van der Waals surface area contributed by atoms with Crippen molar-refractivity contribution < 1.29 is 9.90 Å². The molecule has 0 aliphatic heterocycles. The molecule has 0 spiro atoms. The second kappa shape index (κ2) is 9.71. The average molecular weight is 417 g/mol. The molecule has 2 heterocycles. The van der Waals surface area contributed by atoms with E-state index >= 15 is 0 Å². The third kappa shape index (κ3) is 5.47. The number of benzene rings is 1. The van der Waals surface area contributed by atoms with Gasteiger partial charge in [-0.25, -0.2) is 0 Å². The number of hydrogen-bond donors (Lipinski definition) is 3. The molecule has 0 radical (unpaired) electrons. The van der Waals surface area contributed by atoms with Crippen LogP contribution in [0.2, 0.25) is 0 Å². The lowest BCUT2D eigenvalue weighted by Crippen LogP contribution is -2.38. The van der Waals surface area contributed by atoms with Crippen LogP contribution in [-0.4, -0.2) is 33.1 Å². The maximum Gasteiger partial charge on any atom is 0.253 e. The summed E-state index contributed by atoms with van der Waals surface area (Å²) in [6.45, 7) is 0.947. The van der Waals surface area contributed by atoms with Crippen molar-refractivity contribution in [2.45, 2.75) is 44.2 Å². The Hall–Kier alpha value is -3.25. The van der Waals surface area contributed by atoms with E-state index in [2.05, 4.69) is 20.6 Å². The molecule has 0 unspecified atom stereocenters. The Morgan fingerprint density at radius 3 is 2.58 bits per heavy atom. The first-order chi connectivity index (χ1) is 15.1. The molecule has 1 fully saturated rings. The number of hydrogen-bond acceptors (Lipinski definition) is 5. The number of nitrogens with one attached hydrogen (secondary N) is 2. The lowest BCUT2D eigenvalue weighted by Gasteiger charge is -2.32. The van der Waals surface area contributed by atoms with Crippen LogP contribution in [0.15, 0.2) is 67.1 Å². The minimum atomic E-state index is -0.644. The zero-order chi connectivity index (χ0) is 21.5. The maximum atomic E-state index is 12.4. The first-order valence-electron chi connectivity index (χ1n) is 10.8. The van der Waals surface area contributed by atoms with Crippen LogP contribution in [0.3, 0.4) is 0 Å². The number of anilines is 1. The van der Waals surface area contributed by atoms with Gasteiger partial charge in [0.1, 0.15) is 0 Å². The fourth-order valence-electron chi connectivity index (χ4n) is 3.98. The van der Waals surface area contributed by atoms with Gasteiger partial charge in [-0.15, -0.1) is 0 Å². The van der Waals surface area contributed by atoms with Crippen molar-refractivity contribution in [2.24, 2.45) is 0 Å². The summed E-state index contributed by atoms with van der Waals surface area (Å²) in [6.07, 6.45) is 10.1. The number of carbonyl (C=O) groups excluding carboxylic acids is 1. The predicted octanol–water partition coefficient (Wildman–Crippen LogP) is 4.18. The topological polar surface area (TPSA) is 87.1 Å². The van der Waals surface area contributed by atoms with Crippen LogP contribution in [0.4, 0.5) is 5.69 Å². The van der Waals surface area contributed by atoms with Gasteiger partial charge in [0.2, 0.25) is 0 Å². The van der Waals surface area contributed by atoms with Crippen molar-refractivity contribution in [3.8, 4) is 11.3 Å². The highest BCUT2D eigenvalue weighted by atomic mass is 16.3. The molecule has 0 bridgehead atoms. The van der Waals surface area contributed by atoms with E-state index < -0.39 is 5.60 Å². The Morgan fingerprint density at radius 1 is 1.00 bits per heavy atom. The molecule has 3 aromatic rings. The van der Waals surface area contributed by atoms with E-state index in [1.54, 1.807) is 24.7 Å². The van der Waals surface area contributed by atoms with Crippen molar-refractivity contribution in [2.75, 3.05) is 11.9 Å². The number of para-hydroxylation sites is 1. The molecule has 6 nitrogen and oxygen atoms in total. The quantitative estimate of drug-likeness (QED) is 0.538. The Balaban J connectivity index is 1.42. The molecule has 1 aromatic carbocycles. The number of rotatable bonds is 7. The van der Waals surface area contributed by atoms with Gasteiger partial charge in [-0.2, -0.15) is 0 Å². The molecular weight excluding hydrogens is 388 g/mol. The van der Waals surface area contributed by atoms with Crippen molar-refractivity contribution in [3.63, 3.8) is 0 Å². The zero-order valence-electron chi connectivity index (χ0n) is 17.6.